The van der Waals surface area contributed by atoms with E-state index in [2.05, 4.69) is 29.4 Å². The van der Waals surface area contributed by atoms with Crippen molar-refractivity contribution in [3.05, 3.63) is 60.7 Å². The normalized spacial score (nSPS) is 12.5. The lowest BCUT2D eigenvalue weighted by Crippen LogP contribution is -2.05. The summed E-state index contributed by atoms with van der Waals surface area (Å²) in [4.78, 5) is 4.31. The van der Waals surface area contributed by atoms with Crippen LogP contribution in [0.1, 0.15) is 18.5 Å². The molecule has 2 heterocycles. The van der Waals surface area contributed by atoms with E-state index in [-0.39, 0.29) is 6.04 Å². The summed E-state index contributed by atoms with van der Waals surface area (Å²) in [6.45, 7) is 2.11. The highest BCUT2D eigenvalue weighted by atomic mass is 16.3. The highest BCUT2D eigenvalue weighted by Crippen LogP contribution is 2.22. The van der Waals surface area contributed by atoms with Gasteiger partial charge in [0.05, 0.1) is 24.1 Å². The van der Waals surface area contributed by atoms with Crippen LogP contribution < -0.4 is 5.32 Å². The molecule has 18 heavy (non-hydrogen) atoms. The highest BCUT2D eigenvalue weighted by molar-refractivity contribution is 5.82. The lowest BCUT2D eigenvalue weighted by molar-refractivity contribution is 0.562. The molecule has 1 unspecified atom stereocenters. The Morgan fingerprint density at radius 2 is 2.17 bits per heavy atom. The number of fused-ring (bicyclic) bond motifs is 1. The molecule has 3 nitrogen and oxygen atoms in total. The number of anilines is 1. The molecule has 0 aliphatic rings. The number of nitrogens with zero attached hydrogens (tertiary/aromatic N) is 1. The van der Waals surface area contributed by atoms with Crippen molar-refractivity contribution in [1.82, 2.24) is 4.98 Å². The van der Waals surface area contributed by atoms with E-state index in [1.165, 1.54) is 0 Å². The van der Waals surface area contributed by atoms with E-state index in [1.54, 1.807) is 12.5 Å². The van der Waals surface area contributed by atoms with Gasteiger partial charge in [-0.15, -0.1) is 0 Å². The first-order chi connectivity index (χ1) is 8.83. The second-order valence-corrected chi connectivity index (χ2v) is 4.33. The summed E-state index contributed by atoms with van der Waals surface area (Å²) in [5.74, 6) is 0. The molecule has 0 saturated heterocycles. The molecular formula is C15H14N2O. The Kier molecular flexibility index (Phi) is 2.73. The maximum atomic E-state index is 5.09. The molecule has 1 atom stereocenters. The second kappa shape index (κ2) is 4.53. The number of benzene rings is 1. The van der Waals surface area contributed by atoms with Gasteiger partial charge in [0, 0.05) is 22.8 Å². The standard InChI is InChI=1S/C15H14N2O/c1-11(13-6-8-18-10-13)17-14-4-5-15-12(9-14)3-2-7-16-15/h2-11,17H,1H3. The van der Waals surface area contributed by atoms with Crippen molar-refractivity contribution in [1.29, 1.82) is 0 Å². The maximum Gasteiger partial charge on any atom is 0.0955 e. The van der Waals surface area contributed by atoms with E-state index < -0.39 is 0 Å². The lowest BCUT2D eigenvalue weighted by Gasteiger charge is -2.13. The predicted octanol–water partition coefficient (Wildman–Crippen LogP) is 4.00. The molecule has 0 aliphatic heterocycles. The third-order valence-corrected chi connectivity index (χ3v) is 3.03. The third kappa shape index (κ3) is 2.07. The van der Waals surface area contributed by atoms with Gasteiger partial charge in [-0.1, -0.05) is 6.07 Å². The first-order valence-electron chi connectivity index (χ1n) is 5.96. The number of pyridine rings is 1. The molecule has 0 bridgehead atoms. The fourth-order valence-corrected chi connectivity index (χ4v) is 2.02. The molecule has 2 aromatic heterocycles. The van der Waals surface area contributed by atoms with Crippen molar-refractivity contribution in [2.24, 2.45) is 0 Å². The molecule has 1 N–H and O–H groups in total. The van der Waals surface area contributed by atoms with Gasteiger partial charge in [-0.25, -0.2) is 0 Å². The molecule has 1 aromatic carbocycles. The van der Waals surface area contributed by atoms with E-state index in [0.29, 0.717) is 0 Å². The van der Waals surface area contributed by atoms with E-state index in [1.807, 2.05) is 30.5 Å². The molecule has 0 amide bonds. The zero-order chi connectivity index (χ0) is 12.4. The summed E-state index contributed by atoms with van der Waals surface area (Å²) >= 11 is 0. The summed E-state index contributed by atoms with van der Waals surface area (Å²) in [6, 6.07) is 12.4. The molecule has 0 radical (unpaired) electrons. The summed E-state index contributed by atoms with van der Waals surface area (Å²) in [6.07, 6.45) is 5.27. The minimum absolute atomic E-state index is 0.220. The maximum absolute atomic E-state index is 5.09. The number of aromatic nitrogens is 1. The average molecular weight is 238 g/mol. The Labute approximate surface area is 105 Å². The summed E-state index contributed by atoms with van der Waals surface area (Å²) < 4.78 is 5.09. The molecule has 0 aliphatic carbocycles. The van der Waals surface area contributed by atoms with Gasteiger partial charge in [-0.2, -0.15) is 0 Å². The van der Waals surface area contributed by atoms with Crippen molar-refractivity contribution < 1.29 is 4.42 Å². The van der Waals surface area contributed by atoms with Gasteiger partial charge in [0.2, 0.25) is 0 Å². The first kappa shape index (κ1) is 10.8. The zero-order valence-electron chi connectivity index (χ0n) is 10.1. The van der Waals surface area contributed by atoms with Crippen molar-refractivity contribution in [3.8, 4) is 0 Å². The molecule has 0 saturated carbocycles. The van der Waals surface area contributed by atoms with Crippen LogP contribution in [0.15, 0.2) is 59.5 Å². The van der Waals surface area contributed by atoms with Crippen molar-refractivity contribution in [3.63, 3.8) is 0 Å². The summed E-state index contributed by atoms with van der Waals surface area (Å²) in [5.41, 5.74) is 3.24. The van der Waals surface area contributed by atoms with E-state index in [4.69, 9.17) is 4.42 Å². The van der Waals surface area contributed by atoms with Crippen LogP contribution in [-0.4, -0.2) is 4.98 Å². The van der Waals surface area contributed by atoms with Gasteiger partial charge in [0.15, 0.2) is 0 Å². The second-order valence-electron chi connectivity index (χ2n) is 4.33. The first-order valence-corrected chi connectivity index (χ1v) is 5.96. The Morgan fingerprint density at radius 1 is 1.22 bits per heavy atom. The van der Waals surface area contributed by atoms with Crippen LogP contribution in [-0.2, 0) is 0 Å². The van der Waals surface area contributed by atoms with Gasteiger partial charge in [0.25, 0.3) is 0 Å². The van der Waals surface area contributed by atoms with Crippen molar-refractivity contribution >= 4 is 16.6 Å². The van der Waals surface area contributed by atoms with Crippen LogP contribution in [0, 0.1) is 0 Å². The Morgan fingerprint density at radius 3 is 3.00 bits per heavy atom. The van der Waals surface area contributed by atoms with Crippen LogP contribution >= 0.6 is 0 Å². The number of hydrogen-bond donors (Lipinski definition) is 1. The zero-order valence-corrected chi connectivity index (χ0v) is 10.1. The number of rotatable bonds is 3. The fourth-order valence-electron chi connectivity index (χ4n) is 2.02. The topological polar surface area (TPSA) is 38.1 Å². The Hall–Kier alpha value is -2.29. The van der Waals surface area contributed by atoms with Crippen molar-refractivity contribution in [2.75, 3.05) is 5.32 Å². The molecule has 0 spiro atoms. The molecule has 3 heteroatoms. The highest BCUT2D eigenvalue weighted by Gasteiger charge is 2.06. The summed E-state index contributed by atoms with van der Waals surface area (Å²) in [5, 5.41) is 4.59. The van der Waals surface area contributed by atoms with Crippen LogP contribution in [0.3, 0.4) is 0 Å². The number of hydrogen-bond acceptors (Lipinski definition) is 3. The largest absolute Gasteiger partial charge is 0.472 e. The van der Waals surface area contributed by atoms with Gasteiger partial charge in [-0.3, -0.25) is 4.98 Å². The van der Waals surface area contributed by atoms with Gasteiger partial charge in [-0.05, 0) is 37.3 Å². The van der Waals surface area contributed by atoms with E-state index in [0.717, 1.165) is 22.2 Å². The summed E-state index contributed by atoms with van der Waals surface area (Å²) in [7, 11) is 0. The van der Waals surface area contributed by atoms with Crippen LogP contribution in [0.2, 0.25) is 0 Å². The smallest absolute Gasteiger partial charge is 0.0955 e. The average Bonchev–Trinajstić information content (AvgIpc) is 2.92. The van der Waals surface area contributed by atoms with Crippen LogP contribution in [0.4, 0.5) is 5.69 Å². The van der Waals surface area contributed by atoms with Crippen LogP contribution in [0.25, 0.3) is 10.9 Å². The van der Waals surface area contributed by atoms with E-state index in [9.17, 15) is 0 Å². The van der Waals surface area contributed by atoms with Gasteiger partial charge < -0.3 is 9.73 Å². The monoisotopic (exact) mass is 238 g/mol. The molecule has 90 valence electrons. The SMILES string of the molecule is CC(Nc1ccc2ncccc2c1)c1ccoc1. The lowest BCUT2D eigenvalue weighted by atomic mass is 10.1. The quantitative estimate of drug-likeness (QED) is 0.749. The van der Waals surface area contributed by atoms with Gasteiger partial charge in [0.1, 0.15) is 0 Å². The molecule has 3 rings (SSSR count). The number of furan rings is 1. The molecule has 0 fully saturated rings. The number of nitrogens with one attached hydrogen (secondary N) is 1. The fraction of sp³-hybridized carbons (Fsp3) is 0.133. The van der Waals surface area contributed by atoms with E-state index >= 15 is 0 Å². The minimum atomic E-state index is 0.220. The van der Waals surface area contributed by atoms with Crippen molar-refractivity contribution in [2.45, 2.75) is 13.0 Å². The Bertz CT molecular complexity index is 646. The molecule has 3 aromatic rings. The predicted molar refractivity (Wildman–Crippen MR) is 72.5 cm³/mol. The Balaban J connectivity index is 1.86. The van der Waals surface area contributed by atoms with Crippen LogP contribution in [0.5, 0.6) is 0 Å². The van der Waals surface area contributed by atoms with Gasteiger partial charge >= 0.3 is 0 Å². The third-order valence-electron chi connectivity index (χ3n) is 3.03. The molecular weight excluding hydrogens is 224 g/mol. The minimum Gasteiger partial charge on any atom is -0.472 e.